The first-order valence-electron chi connectivity index (χ1n) is 8.16. The van der Waals surface area contributed by atoms with E-state index in [0.29, 0.717) is 17.1 Å². The number of fused-ring (bicyclic) bond motifs is 1. The summed E-state index contributed by atoms with van der Waals surface area (Å²) < 4.78 is 7.14. The molecule has 2 aromatic rings. The summed E-state index contributed by atoms with van der Waals surface area (Å²) in [5.74, 6) is 0.981. The first kappa shape index (κ1) is 16.7. The minimum atomic E-state index is -1.02. The zero-order valence-electron chi connectivity index (χ0n) is 13.7. The molecule has 0 bridgehead atoms. The maximum absolute atomic E-state index is 10.5. The van der Waals surface area contributed by atoms with Crippen LogP contribution in [0.3, 0.4) is 0 Å². The van der Waals surface area contributed by atoms with E-state index in [1.165, 1.54) is 0 Å². The van der Waals surface area contributed by atoms with Crippen LogP contribution in [0.2, 0.25) is 0 Å². The number of ether oxygens (including phenoxy) is 1. The number of aromatic nitrogens is 3. The van der Waals surface area contributed by atoms with Crippen molar-refractivity contribution in [3.05, 3.63) is 41.5 Å². The third-order valence-corrected chi connectivity index (χ3v) is 4.02. The first-order valence-corrected chi connectivity index (χ1v) is 8.16. The van der Waals surface area contributed by atoms with Crippen LogP contribution in [0.5, 0.6) is 5.75 Å². The highest BCUT2D eigenvalue weighted by molar-refractivity contribution is 5.87. The molecule has 7 nitrogen and oxygen atoms in total. The average Bonchev–Trinajstić information content (AvgIpc) is 2.86. The number of carboxylic acids is 1. The monoisotopic (exact) mass is 338 g/mol. The number of hydrogen-bond acceptors (Lipinski definition) is 5. The van der Waals surface area contributed by atoms with Gasteiger partial charge in [-0.3, -0.25) is 0 Å². The van der Waals surface area contributed by atoms with Crippen LogP contribution in [0.25, 0.3) is 11.6 Å². The lowest BCUT2D eigenvalue weighted by molar-refractivity contribution is -0.139. The molecule has 1 aliphatic rings. The molecule has 1 N–H and O–H groups in total. The van der Waals surface area contributed by atoms with E-state index in [0.717, 1.165) is 43.6 Å². The Morgan fingerprint density at radius 2 is 2.08 bits per heavy atom. The fraction of sp³-hybridized carbons (Fsp3) is 0.333. The minimum Gasteiger partial charge on any atom is -0.482 e. The van der Waals surface area contributed by atoms with E-state index < -0.39 is 5.97 Å². The molecule has 0 fully saturated rings. The van der Waals surface area contributed by atoms with Crippen LogP contribution in [0.1, 0.15) is 36.5 Å². The Hall–Kier alpha value is -3.14. The van der Waals surface area contributed by atoms with Crippen molar-refractivity contribution in [3.8, 4) is 11.8 Å². The predicted molar refractivity (Wildman–Crippen MR) is 90.6 cm³/mol. The number of rotatable bonds is 5. The van der Waals surface area contributed by atoms with Crippen molar-refractivity contribution in [3.63, 3.8) is 0 Å². The van der Waals surface area contributed by atoms with Crippen molar-refractivity contribution in [2.75, 3.05) is 6.61 Å². The van der Waals surface area contributed by atoms with E-state index in [1.807, 2.05) is 4.57 Å². The molecule has 0 saturated carbocycles. The number of hydrogen-bond donors (Lipinski definition) is 1. The molecule has 0 unspecified atom stereocenters. The van der Waals surface area contributed by atoms with Crippen LogP contribution in [0, 0.1) is 11.3 Å². The largest absolute Gasteiger partial charge is 0.482 e. The van der Waals surface area contributed by atoms with Gasteiger partial charge >= 0.3 is 5.97 Å². The summed E-state index contributed by atoms with van der Waals surface area (Å²) in [5.41, 5.74) is 1.27. The highest BCUT2D eigenvalue weighted by atomic mass is 16.5. The second-order valence-corrected chi connectivity index (χ2v) is 5.82. The zero-order valence-corrected chi connectivity index (χ0v) is 13.7. The van der Waals surface area contributed by atoms with E-state index in [4.69, 9.17) is 9.84 Å². The molecule has 3 rings (SSSR count). The normalized spacial score (nSPS) is 14.3. The molecule has 0 atom stereocenters. The fourth-order valence-electron chi connectivity index (χ4n) is 2.80. The van der Waals surface area contributed by atoms with Gasteiger partial charge in [-0.25, -0.2) is 4.79 Å². The molecular weight excluding hydrogens is 320 g/mol. The van der Waals surface area contributed by atoms with Gasteiger partial charge < -0.3 is 14.4 Å². The Labute approximate surface area is 145 Å². The highest BCUT2D eigenvalue weighted by Gasteiger charge is 2.17. The summed E-state index contributed by atoms with van der Waals surface area (Å²) in [4.78, 5) is 10.5. The lowest BCUT2D eigenvalue weighted by Gasteiger charge is -2.06. The van der Waals surface area contributed by atoms with E-state index in [2.05, 4.69) is 16.3 Å². The maximum atomic E-state index is 10.5. The maximum Gasteiger partial charge on any atom is 0.341 e. The number of nitrogens with zero attached hydrogens (tertiary/aromatic N) is 4. The number of benzene rings is 1. The molecule has 128 valence electrons. The van der Waals surface area contributed by atoms with Gasteiger partial charge in [0, 0.05) is 13.0 Å². The minimum absolute atomic E-state index is 0.384. The third-order valence-electron chi connectivity index (χ3n) is 4.02. The molecule has 0 radical (unpaired) electrons. The van der Waals surface area contributed by atoms with Crippen molar-refractivity contribution >= 4 is 17.6 Å². The summed E-state index contributed by atoms with van der Waals surface area (Å²) in [6.45, 7) is 0.448. The molecule has 1 aromatic heterocycles. The zero-order chi connectivity index (χ0) is 17.6. The Kier molecular flexibility index (Phi) is 5.09. The van der Waals surface area contributed by atoms with Gasteiger partial charge in [-0.2, -0.15) is 5.26 Å². The second kappa shape index (κ2) is 7.62. The topological polar surface area (TPSA) is 101 Å². The summed E-state index contributed by atoms with van der Waals surface area (Å²) in [6, 6.07) is 9.10. The van der Waals surface area contributed by atoms with Crippen molar-refractivity contribution in [1.82, 2.24) is 14.8 Å². The predicted octanol–water partition coefficient (Wildman–Crippen LogP) is 2.53. The molecular formula is C18H18N4O3. The van der Waals surface area contributed by atoms with E-state index in [-0.39, 0.29) is 6.61 Å². The number of aliphatic carboxylic acids is 1. The van der Waals surface area contributed by atoms with Crippen molar-refractivity contribution in [2.45, 2.75) is 32.2 Å². The smallest absolute Gasteiger partial charge is 0.341 e. The van der Waals surface area contributed by atoms with Crippen LogP contribution < -0.4 is 4.74 Å². The second-order valence-electron chi connectivity index (χ2n) is 5.82. The highest BCUT2D eigenvalue weighted by Crippen LogP contribution is 2.22. The lowest BCUT2D eigenvalue weighted by Crippen LogP contribution is -2.09. The van der Waals surface area contributed by atoms with Crippen molar-refractivity contribution in [1.29, 1.82) is 5.26 Å². The third kappa shape index (κ3) is 4.04. The lowest BCUT2D eigenvalue weighted by atomic mass is 10.1. The Morgan fingerprint density at radius 3 is 2.80 bits per heavy atom. The fourth-order valence-corrected chi connectivity index (χ4v) is 2.80. The molecule has 0 amide bonds. The van der Waals surface area contributed by atoms with Crippen LogP contribution in [-0.4, -0.2) is 32.4 Å². The molecule has 2 heterocycles. The van der Waals surface area contributed by atoms with E-state index >= 15 is 0 Å². The Morgan fingerprint density at radius 1 is 1.28 bits per heavy atom. The molecule has 1 aliphatic heterocycles. The summed E-state index contributed by atoms with van der Waals surface area (Å²) >= 11 is 0. The summed E-state index contributed by atoms with van der Waals surface area (Å²) in [5, 5.41) is 26.6. The Bertz CT molecular complexity index is 831. The standard InChI is InChI=1S/C18H18N4O3/c19-11-14(18-21-20-16-4-2-1-3-9-22(16)18)10-13-5-7-15(8-6-13)25-12-17(23)24/h5-8,10H,1-4,9,12H2,(H,23,24)/b14-10+. The summed E-state index contributed by atoms with van der Waals surface area (Å²) in [7, 11) is 0. The van der Waals surface area contributed by atoms with Gasteiger partial charge in [0.05, 0.1) is 5.57 Å². The summed E-state index contributed by atoms with van der Waals surface area (Å²) in [6.07, 6.45) is 5.96. The van der Waals surface area contributed by atoms with Crippen LogP contribution in [0.15, 0.2) is 24.3 Å². The van der Waals surface area contributed by atoms with Crippen LogP contribution >= 0.6 is 0 Å². The number of carbonyl (C=O) groups is 1. The van der Waals surface area contributed by atoms with Crippen molar-refractivity contribution < 1.29 is 14.6 Å². The number of carboxylic acid groups (broad SMARTS) is 1. The molecule has 25 heavy (non-hydrogen) atoms. The quantitative estimate of drug-likeness (QED) is 0.841. The average molecular weight is 338 g/mol. The Balaban J connectivity index is 1.83. The first-order chi connectivity index (χ1) is 12.2. The van der Waals surface area contributed by atoms with Gasteiger partial charge in [0.1, 0.15) is 17.6 Å². The van der Waals surface area contributed by atoms with E-state index in [9.17, 15) is 10.1 Å². The van der Waals surface area contributed by atoms with Crippen molar-refractivity contribution in [2.24, 2.45) is 0 Å². The molecule has 1 aromatic carbocycles. The van der Waals surface area contributed by atoms with Gasteiger partial charge in [-0.05, 0) is 36.6 Å². The molecule has 7 heteroatoms. The van der Waals surface area contributed by atoms with Crippen LogP contribution in [0.4, 0.5) is 0 Å². The molecule has 0 spiro atoms. The molecule has 0 aliphatic carbocycles. The van der Waals surface area contributed by atoms with Gasteiger partial charge in [0.25, 0.3) is 0 Å². The SMILES string of the molecule is N#C/C(=C\c1ccc(OCC(=O)O)cc1)c1nnc2n1CCCCC2. The molecule has 0 saturated heterocycles. The van der Waals surface area contributed by atoms with E-state index in [1.54, 1.807) is 30.3 Å². The van der Waals surface area contributed by atoms with Gasteiger partial charge in [0.2, 0.25) is 0 Å². The number of allylic oxidation sites excluding steroid dienone is 1. The number of aryl methyl sites for hydroxylation is 1. The van der Waals surface area contributed by atoms with Gasteiger partial charge in [0.15, 0.2) is 12.4 Å². The number of nitriles is 1. The van der Waals surface area contributed by atoms with Crippen LogP contribution in [-0.2, 0) is 17.8 Å². The van der Waals surface area contributed by atoms with Gasteiger partial charge in [-0.15, -0.1) is 10.2 Å². The van der Waals surface area contributed by atoms with Gasteiger partial charge in [-0.1, -0.05) is 18.6 Å².